The second-order valence-electron chi connectivity index (χ2n) is 8.34. The normalized spacial score (nSPS) is 20.6. The van der Waals surface area contributed by atoms with Crippen LogP contribution in [0.2, 0.25) is 0 Å². The maximum Gasteiger partial charge on any atom is 1.00 e. The summed E-state index contributed by atoms with van der Waals surface area (Å²) in [5.41, 5.74) is 0. The number of carbonyl (C=O) groups excluding carboxylic acids is 1. The van der Waals surface area contributed by atoms with E-state index >= 15 is 0 Å². The van der Waals surface area contributed by atoms with Crippen LogP contribution in [0.5, 0.6) is 0 Å². The number of esters is 1. The maximum atomic E-state index is 12.0. The molecule has 9 heteroatoms. The first-order chi connectivity index (χ1) is 14.9. The summed E-state index contributed by atoms with van der Waals surface area (Å²) in [5.74, 6) is -0.389. The Morgan fingerprint density at radius 3 is 2.16 bits per heavy atom. The molecule has 1 saturated heterocycles. The van der Waals surface area contributed by atoms with Gasteiger partial charge in [-0.15, -0.1) is 0 Å². The molecular weight excluding hydrogens is 442 g/mol. The second-order valence-corrected chi connectivity index (χ2v) is 9.49. The molecule has 1 heterocycles. The fourth-order valence-electron chi connectivity index (χ4n) is 3.66. The van der Waals surface area contributed by atoms with Gasteiger partial charge < -0.3 is 23.8 Å². The molecule has 1 aliphatic rings. The molecule has 1 unspecified atom stereocenters. The van der Waals surface area contributed by atoms with Crippen LogP contribution in [0.3, 0.4) is 0 Å². The van der Waals surface area contributed by atoms with Crippen LogP contribution in [0.1, 0.15) is 103 Å². The van der Waals surface area contributed by atoms with Crippen LogP contribution < -0.4 is 34.5 Å². The number of allylic oxidation sites excluding steroid dienone is 2. The van der Waals surface area contributed by atoms with Crippen LogP contribution >= 0.6 is 7.82 Å². The third-order valence-corrected chi connectivity index (χ3v) is 5.97. The monoisotopic (exact) mass is 484 g/mol. The third kappa shape index (κ3) is 18.7. The fourth-order valence-corrected chi connectivity index (χ4v) is 4.24. The smallest absolute Gasteiger partial charge is 0.756 e. The molecule has 32 heavy (non-hydrogen) atoms. The molecule has 0 bridgehead atoms. The molecule has 0 aromatic rings. The van der Waals surface area contributed by atoms with Crippen molar-refractivity contribution in [1.29, 1.82) is 0 Å². The van der Waals surface area contributed by atoms with E-state index < -0.39 is 20.0 Å². The Hall–Kier alpha value is 0.280. The van der Waals surface area contributed by atoms with Gasteiger partial charge in [0.15, 0.2) is 6.10 Å². The van der Waals surface area contributed by atoms with Crippen LogP contribution in [-0.4, -0.2) is 36.3 Å². The van der Waals surface area contributed by atoms with Gasteiger partial charge >= 0.3 is 35.5 Å². The average Bonchev–Trinajstić information content (AvgIpc) is 2.71. The molecule has 1 rings (SSSR count). The fraction of sp³-hybridized carbons (Fsp3) is 0.870. The molecule has 0 spiro atoms. The first-order valence-corrected chi connectivity index (χ1v) is 13.6. The zero-order valence-electron chi connectivity index (χ0n) is 20.2. The molecule has 1 fully saturated rings. The minimum atomic E-state index is -4.87. The maximum absolute atomic E-state index is 12.0. The van der Waals surface area contributed by atoms with Gasteiger partial charge in [-0.05, 0) is 32.1 Å². The summed E-state index contributed by atoms with van der Waals surface area (Å²) in [6, 6.07) is 0. The Kier molecular flexibility index (Phi) is 20.8. The molecular formula is C23H42NaO7P. The Morgan fingerprint density at radius 1 is 1.00 bits per heavy atom. The van der Waals surface area contributed by atoms with Crippen molar-refractivity contribution in [1.82, 2.24) is 0 Å². The molecule has 1 N–H and O–H groups in total. The van der Waals surface area contributed by atoms with Crippen molar-refractivity contribution in [2.45, 2.75) is 115 Å². The first kappa shape index (κ1) is 32.3. The van der Waals surface area contributed by atoms with Gasteiger partial charge in [-0.25, -0.2) is 0 Å². The Morgan fingerprint density at radius 2 is 1.56 bits per heavy atom. The minimum absolute atomic E-state index is 0. The van der Waals surface area contributed by atoms with E-state index in [9.17, 15) is 14.3 Å². The SMILES string of the molecule is CCCCCCCC/C=C/CCCCCCCC(=O)O[C@@H]1COCC[C@@H]1OP(=O)([O-])O.[Na+]. The summed E-state index contributed by atoms with van der Waals surface area (Å²) in [6.07, 6.45) is 18.9. The van der Waals surface area contributed by atoms with Crippen molar-refractivity contribution in [3.63, 3.8) is 0 Å². The molecule has 0 saturated carbocycles. The van der Waals surface area contributed by atoms with Gasteiger partial charge in [-0.2, -0.15) is 0 Å². The first-order valence-electron chi connectivity index (χ1n) is 12.1. The molecule has 0 aliphatic carbocycles. The molecule has 0 amide bonds. The molecule has 1 aliphatic heterocycles. The number of unbranched alkanes of at least 4 members (excludes halogenated alkanes) is 11. The molecule has 3 atom stereocenters. The van der Waals surface area contributed by atoms with E-state index in [-0.39, 0.29) is 55.0 Å². The largest absolute Gasteiger partial charge is 1.00 e. The van der Waals surface area contributed by atoms with E-state index in [2.05, 4.69) is 23.6 Å². The Balaban J connectivity index is 0.00000961. The number of hydrogen-bond donors (Lipinski definition) is 1. The number of phosphoric ester groups is 1. The van der Waals surface area contributed by atoms with Crippen molar-refractivity contribution in [2.24, 2.45) is 0 Å². The van der Waals surface area contributed by atoms with Gasteiger partial charge in [0.2, 0.25) is 0 Å². The number of ether oxygens (including phenoxy) is 2. The Labute approximate surface area is 216 Å². The van der Waals surface area contributed by atoms with Gasteiger partial charge in [-0.1, -0.05) is 70.4 Å². The molecule has 0 radical (unpaired) electrons. The molecule has 7 nitrogen and oxygen atoms in total. The van der Waals surface area contributed by atoms with Gasteiger partial charge in [0, 0.05) is 19.4 Å². The molecule has 0 aromatic heterocycles. The zero-order valence-corrected chi connectivity index (χ0v) is 23.1. The number of hydrogen-bond acceptors (Lipinski definition) is 6. The van der Waals surface area contributed by atoms with Crippen LogP contribution in [-0.2, 0) is 23.4 Å². The van der Waals surface area contributed by atoms with Gasteiger partial charge in [-0.3, -0.25) is 9.36 Å². The summed E-state index contributed by atoms with van der Waals surface area (Å²) >= 11 is 0. The number of phosphoric acid groups is 1. The third-order valence-electron chi connectivity index (χ3n) is 5.44. The van der Waals surface area contributed by atoms with Gasteiger partial charge in [0.25, 0.3) is 7.82 Å². The van der Waals surface area contributed by atoms with E-state index in [4.69, 9.17) is 14.4 Å². The summed E-state index contributed by atoms with van der Waals surface area (Å²) in [4.78, 5) is 31.8. The quantitative estimate of drug-likeness (QED) is 0.105. The predicted octanol–water partition coefficient (Wildman–Crippen LogP) is 2.21. The van der Waals surface area contributed by atoms with Crippen molar-refractivity contribution in [2.75, 3.05) is 13.2 Å². The average molecular weight is 485 g/mol. The van der Waals surface area contributed by atoms with Gasteiger partial charge in [0.1, 0.15) is 6.10 Å². The van der Waals surface area contributed by atoms with Crippen LogP contribution in [0.15, 0.2) is 12.2 Å². The number of carbonyl (C=O) groups is 1. The number of rotatable bonds is 18. The molecule has 182 valence electrons. The zero-order chi connectivity index (χ0) is 22.8. The van der Waals surface area contributed by atoms with E-state index in [1.807, 2.05) is 0 Å². The van der Waals surface area contributed by atoms with Crippen molar-refractivity contribution in [3.8, 4) is 0 Å². The van der Waals surface area contributed by atoms with E-state index in [1.165, 1.54) is 51.4 Å². The van der Waals surface area contributed by atoms with Crippen LogP contribution in [0, 0.1) is 0 Å². The summed E-state index contributed by atoms with van der Waals surface area (Å²) < 4.78 is 26.1. The van der Waals surface area contributed by atoms with Crippen LogP contribution in [0.4, 0.5) is 0 Å². The molecule has 0 aromatic carbocycles. The summed E-state index contributed by atoms with van der Waals surface area (Å²) in [6.45, 7) is 2.61. The van der Waals surface area contributed by atoms with Crippen molar-refractivity contribution >= 4 is 13.8 Å². The Bertz CT molecular complexity index is 538. The minimum Gasteiger partial charge on any atom is -0.756 e. The van der Waals surface area contributed by atoms with E-state index in [0.717, 1.165) is 32.1 Å². The van der Waals surface area contributed by atoms with Crippen molar-refractivity contribution in [3.05, 3.63) is 12.2 Å². The standard InChI is InChI=1S/C23H43O7P.Na/c1-2-3-4-5-6-7-8-9-10-11-12-13-14-15-16-17-23(24)29-22-20-28-19-18-21(22)30-31(25,26)27;/h9-10,21-22H,2-8,11-20H2,1H3,(H2,25,26,27);/q;+1/p-1/b10-9+;/t21-,22+;/m0./s1. The van der Waals surface area contributed by atoms with Crippen molar-refractivity contribution < 1.29 is 62.7 Å². The van der Waals surface area contributed by atoms with Crippen LogP contribution in [0.25, 0.3) is 0 Å². The van der Waals surface area contributed by atoms with E-state index in [1.54, 1.807) is 0 Å². The summed E-state index contributed by atoms with van der Waals surface area (Å²) in [7, 11) is -4.87. The topological polar surface area (TPSA) is 105 Å². The summed E-state index contributed by atoms with van der Waals surface area (Å²) in [5, 5.41) is 0. The predicted molar refractivity (Wildman–Crippen MR) is 119 cm³/mol. The van der Waals surface area contributed by atoms with Gasteiger partial charge in [0.05, 0.1) is 6.61 Å². The van der Waals surface area contributed by atoms with E-state index in [0.29, 0.717) is 6.61 Å². The second kappa shape index (κ2) is 20.6.